The largest absolute Gasteiger partial charge is 0.354 e. The molecule has 1 rings (SSSR count). The van der Waals surface area contributed by atoms with Gasteiger partial charge in [-0.15, -0.1) is 0 Å². The molecule has 0 fully saturated rings. The number of hydrogen-bond donors (Lipinski definition) is 2. The van der Waals surface area contributed by atoms with E-state index in [1.54, 1.807) is 0 Å². The molecule has 0 radical (unpaired) electrons. The van der Waals surface area contributed by atoms with Crippen LogP contribution in [0, 0.1) is 10.1 Å². The molecule has 7 nitrogen and oxygen atoms in total. The van der Waals surface area contributed by atoms with Crippen molar-refractivity contribution in [3.63, 3.8) is 0 Å². The number of nitrogen functional groups attached to an aromatic ring is 1. The summed E-state index contributed by atoms with van der Waals surface area (Å²) in [5.74, 6) is 6.07. The number of nitrogens with one attached hydrogen (secondary N) is 1. The third-order valence-electron chi connectivity index (χ3n) is 3.27. The predicted octanol–water partition coefficient (Wildman–Crippen LogP) is 1.90. The van der Waals surface area contributed by atoms with Crippen LogP contribution in [-0.4, -0.2) is 22.5 Å². The Kier molecular flexibility index (Phi) is 4.07. The molecule has 7 heteroatoms. The van der Waals surface area contributed by atoms with Gasteiger partial charge < -0.3 is 10.3 Å². The number of hydrazine groups is 1. The normalized spacial score (nSPS) is 11.2. The average Bonchev–Trinajstić information content (AvgIpc) is 2.36. The van der Waals surface area contributed by atoms with Gasteiger partial charge in [-0.2, -0.15) is 0 Å². The van der Waals surface area contributed by atoms with Crippen molar-refractivity contribution in [1.82, 2.24) is 4.98 Å². The molecular weight excluding hydrogens is 234 g/mol. The summed E-state index contributed by atoms with van der Waals surface area (Å²) in [6.45, 7) is 6.14. The van der Waals surface area contributed by atoms with E-state index >= 15 is 0 Å². The summed E-state index contributed by atoms with van der Waals surface area (Å²) in [5, 5.41) is 10.9. The second-order valence-electron chi connectivity index (χ2n) is 4.70. The fourth-order valence-corrected chi connectivity index (χ4v) is 1.40. The molecule has 18 heavy (non-hydrogen) atoms. The summed E-state index contributed by atoms with van der Waals surface area (Å²) >= 11 is 0. The molecule has 0 bridgehead atoms. The number of pyridine rings is 1. The lowest BCUT2D eigenvalue weighted by atomic mass is 10.00. The SMILES string of the molecule is CCC(C)(C)N(C)c1cc([N+](=O)[O-])cc(NN)n1. The Morgan fingerprint density at radius 2 is 2.17 bits per heavy atom. The van der Waals surface area contributed by atoms with Gasteiger partial charge in [-0.3, -0.25) is 10.1 Å². The van der Waals surface area contributed by atoms with Crippen LogP contribution >= 0.6 is 0 Å². The maximum Gasteiger partial charge on any atom is 0.276 e. The summed E-state index contributed by atoms with van der Waals surface area (Å²) < 4.78 is 0. The zero-order valence-electron chi connectivity index (χ0n) is 11.1. The Morgan fingerprint density at radius 1 is 1.56 bits per heavy atom. The van der Waals surface area contributed by atoms with Crippen molar-refractivity contribution in [1.29, 1.82) is 0 Å². The van der Waals surface area contributed by atoms with Gasteiger partial charge in [0.25, 0.3) is 5.69 Å². The van der Waals surface area contributed by atoms with Crippen molar-refractivity contribution in [2.75, 3.05) is 17.4 Å². The van der Waals surface area contributed by atoms with Crippen LogP contribution in [0.15, 0.2) is 12.1 Å². The lowest BCUT2D eigenvalue weighted by molar-refractivity contribution is -0.384. The number of nitro groups is 1. The minimum Gasteiger partial charge on any atom is -0.354 e. The number of aromatic nitrogens is 1. The lowest BCUT2D eigenvalue weighted by Gasteiger charge is -2.35. The molecule has 0 atom stereocenters. The highest BCUT2D eigenvalue weighted by molar-refractivity contribution is 5.56. The summed E-state index contributed by atoms with van der Waals surface area (Å²) in [4.78, 5) is 16.5. The first kappa shape index (κ1) is 14.2. The van der Waals surface area contributed by atoms with Crippen LogP contribution in [0.1, 0.15) is 27.2 Å². The molecule has 0 aliphatic carbocycles. The molecule has 0 aliphatic rings. The monoisotopic (exact) mass is 253 g/mol. The summed E-state index contributed by atoms with van der Waals surface area (Å²) in [6, 6.07) is 2.74. The highest BCUT2D eigenvalue weighted by Gasteiger charge is 2.24. The third kappa shape index (κ3) is 2.86. The van der Waals surface area contributed by atoms with Crippen LogP contribution in [0.5, 0.6) is 0 Å². The highest BCUT2D eigenvalue weighted by Crippen LogP contribution is 2.27. The number of nitrogens with zero attached hydrogens (tertiary/aromatic N) is 3. The van der Waals surface area contributed by atoms with Gasteiger partial charge in [-0.1, -0.05) is 6.92 Å². The number of nitrogens with two attached hydrogens (primary N) is 1. The standard InChI is InChI=1S/C11H19N5O2/c1-5-11(2,3)15(4)10-7-8(16(17)18)6-9(13-10)14-12/h6-7H,5,12H2,1-4H3,(H,13,14). The number of rotatable bonds is 5. The van der Waals surface area contributed by atoms with E-state index in [2.05, 4.69) is 17.3 Å². The predicted molar refractivity (Wildman–Crippen MR) is 71.5 cm³/mol. The van der Waals surface area contributed by atoms with Crippen LogP contribution in [0.25, 0.3) is 0 Å². The second-order valence-corrected chi connectivity index (χ2v) is 4.70. The number of anilines is 2. The van der Waals surface area contributed by atoms with E-state index in [0.717, 1.165) is 6.42 Å². The molecule has 0 spiro atoms. The fraction of sp³-hybridized carbons (Fsp3) is 0.545. The van der Waals surface area contributed by atoms with Gasteiger partial charge in [0.2, 0.25) is 0 Å². The Labute approximate surface area is 106 Å². The molecule has 1 aromatic heterocycles. The molecule has 0 unspecified atom stereocenters. The van der Waals surface area contributed by atoms with Gasteiger partial charge >= 0.3 is 0 Å². The lowest BCUT2D eigenvalue weighted by Crippen LogP contribution is -2.41. The first-order valence-corrected chi connectivity index (χ1v) is 5.68. The van der Waals surface area contributed by atoms with Gasteiger partial charge in [-0.05, 0) is 20.3 Å². The van der Waals surface area contributed by atoms with E-state index in [-0.39, 0.29) is 17.0 Å². The van der Waals surface area contributed by atoms with Gasteiger partial charge in [0.1, 0.15) is 11.6 Å². The van der Waals surface area contributed by atoms with E-state index in [9.17, 15) is 10.1 Å². The zero-order valence-corrected chi connectivity index (χ0v) is 11.1. The van der Waals surface area contributed by atoms with E-state index in [1.165, 1.54) is 12.1 Å². The molecule has 0 amide bonds. The minimum absolute atomic E-state index is 0.0355. The van der Waals surface area contributed by atoms with E-state index in [4.69, 9.17) is 5.84 Å². The molecule has 3 N–H and O–H groups in total. The first-order chi connectivity index (χ1) is 8.31. The van der Waals surface area contributed by atoms with E-state index in [1.807, 2.05) is 25.8 Å². The first-order valence-electron chi connectivity index (χ1n) is 5.68. The zero-order chi connectivity index (χ0) is 13.9. The molecule has 100 valence electrons. The average molecular weight is 253 g/mol. The molecule has 0 saturated carbocycles. The molecule has 1 heterocycles. The van der Waals surface area contributed by atoms with Gasteiger partial charge in [0, 0.05) is 12.6 Å². The molecular formula is C11H19N5O2. The van der Waals surface area contributed by atoms with Crippen LogP contribution in [-0.2, 0) is 0 Å². The van der Waals surface area contributed by atoms with Gasteiger partial charge in [-0.25, -0.2) is 10.8 Å². The van der Waals surface area contributed by atoms with Crippen molar-refractivity contribution in [2.24, 2.45) is 5.84 Å². The van der Waals surface area contributed by atoms with E-state index in [0.29, 0.717) is 5.82 Å². The molecule has 0 saturated heterocycles. The van der Waals surface area contributed by atoms with Crippen molar-refractivity contribution in [2.45, 2.75) is 32.7 Å². The van der Waals surface area contributed by atoms with Gasteiger partial charge in [0.15, 0.2) is 0 Å². The third-order valence-corrected chi connectivity index (χ3v) is 3.27. The molecule has 1 aromatic rings. The van der Waals surface area contributed by atoms with Crippen molar-refractivity contribution in [3.8, 4) is 0 Å². The maximum atomic E-state index is 10.9. The minimum atomic E-state index is -0.460. The number of hydrogen-bond acceptors (Lipinski definition) is 6. The Balaban J connectivity index is 3.23. The Bertz CT molecular complexity index is 447. The van der Waals surface area contributed by atoms with Crippen LogP contribution in [0.3, 0.4) is 0 Å². The summed E-state index contributed by atoms with van der Waals surface area (Å²) in [5.41, 5.74) is 2.16. The molecule has 0 aromatic carbocycles. The van der Waals surface area contributed by atoms with Crippen LogP contribution in [0.4, 0.5) is 17.3 Å². The van der Waals surface area contributed by atoms with Crippen molar-refractivity contribution >= 4 is 17.3 Å². The van der Waals surface area contributed by atoms with Crippen molar-refractivity contribution < 1.29 is 4.92 Å². The smallest absolute Gasteiger partial charge is 0.276 e. The van der Waals surface area contributed by atoms with E-state index < -0.39 is 4.92 Å². The fourth-order valence-electron chi connectivity index (χ4n) is 1.40. The second kappa shape index (κ2) is 5.18. The van der Waals surface area contributed by atoms with Crippen molar-refractivity contribution in [3.05, 3.63) is 22.2 Å². The maximum absolute atomic E-state index is 10.9. The topological polar surface area (TPSA) is 97.3 Å². The van der Waals surface area contributed by atoms with Gasteiger partial charge in [0.05, 0.1) is 17.1 Å². The van der Waals surface area contributed by atoms with Crippen LogP contribution < -0.4 is 16.2 Å². The van der Waals surface area contributed by atoms with Crippen LogP contribution in [0.2, 0.25) is 0 Å². The summed E-state index contributed by atoms with van der Waals surface area (Å²) in [6.07, 6.45) is 0.888. The quantitative estimate of drug-likeness (QED) is 0.472. The molecule has 0 aliphatic heterocycles. The summed E-state index contributed by atoms with van der Waals surface area (Å²) in [7, 11) is 1.86. The highest BCUT2D eigenvalue weighted by atomic mass is 16.6. The Morgan fingerprint density at radius 3 is 2.61 bits per heavy atom. The Hall–Kier alpha value is -1.89.